The van der Waals surface area contributed by atoms with Crippen molar-refractivity contribution < 1.29 is 4.79 Å². The van der Waals surface area contributed by atoms with Crippen LogP contribution in [-0.2, 0) is 4.79 Å². The maximum atomic E-state index is 11.2. The van der Waals surface area contributed by atoms with Crippen LogP contribution in [0.15, 0.2) is 0 Å². The minimum Gasteiger partial charge on any atom is -0.299 e. The number of Topliss-reactive ketones (excluding diaryl/α,β-unsaturated/α-hetero) is 1. The van der Waals surface area contributed by atoms with Crippen LogP contribution >= 0.6 is 0 Å². The van der Waals surface area contributed by atoms with E-state index in [0.717, 1.165) is 19.3 Å². The molecule has 0 heterocycles. The van der Waals surface area contributed by atoms with Crippen molar-refractivity contribution in [3.8, 4) is 0 Å². The van der Waals surface area contributed by atoms with E-state index >= 15 is 0 Å². The van der Waals surface area contributed by atoms with E-state index < -0.39 is 0 Å². The smallest absolute Gasteiger partial charge is 0.136 e. The summed E-state index contributed by atoms with van der Waals surface area (Å²) in [5.41, 5.74) is 0. The van der Waals surface area contributed by atoms with Gasteiger partial charge in [-0.05, 0) is 25.2 Å². The standard InChI is InChI=1S/C9H16O/c1-3-8-5-4-7(2)6-9(8)10/h7-8H,3-6H2,1-2H3/t7-,8+/m1/s1. The monoisotopic (exact) mass is 140 g/mol. The first kappa shape index (κ1) is 7.77. The normalized spacial score (nSPS) is 34.4. The van der Waals surface area contributed by atoms with E-state index in [2.05, 4.69) is 13.8 Å². The molecule has 1 heteroatoms. The van der Waals surface area contributed by atoms with E-state index in [1.165, 1.54) is 6.42 Å². The SMILES string of the molecule is CC[C@H]1CC[C@@H](C)CC1=O. The first-order valence-corrected chi connectivity index (χ1v) is 4.26. The molecule has 2 atom stereocenters. The van der Waals surface area contributed by atoms with Crippen molar-refractivity contribution in [3.05, 3.63) is 0 Å². The average Bonchev–Trinajstić information content (AvgIpc) is 1.88. The summed E-state index contributed by atoms with van der Waals surface area (Å²) in [4.78, 5) is 11.2. The zero-order valence-corrected chi connectivity index (χ0v) is 6.89. The molecular weight excluding hydrogens is 124 g/mol. The molecule has 58 valence electrons. The molecule has 0 spiro atoms. The van der Waals surface area contributed by atoms with Crippen LogP contribution < -0.4 is 0 Å². The maximum Gasteiger partial charge on any atom is 0.136 e. The van der Waals surface area contributed by atoms with Gasteiger partial charge in [-0.25, -0.2) is 0 Å². The molecule has 0 amide bonds. The van der Waals surface area contributed by atoms with Gasteiger partial charge in [0.1, 0.15) is 5.78 Å². The molecule has 0 aliphatic heterocycles. The molecule has 0 aromatic rings. The lowest BCUT2D eigenvalue weighted by molar-refractivity contribution is -0.125. The first-order valence-electron chi connectivity index (χ1n) is 4.26. The summed E-state index contributed by atoms with van der Waals surface area (Å²) in [7, 11) is 0. The Hall–Kier alpha value is -0.330. The van der Waals surface area contributed by atoms with Crippen molar-refractivity contribution in [1.82, 2.24) is 0 Å². The average molecular weight is 140 g/mol. The Morgan fingerprint density at radius 1 is 1.50 bits per heavy atom. The Morgan fingerprint density at radius 3 is 2.70 bits per heavy atom. The largest absolute Gasteiger partial charge is 0.299 e. The minimum atomic E-state index is 0.399. The molecular formula is C9H16O. The number of ketones is 1. The number of carbonyl (C=O) groups is 1. The van der Waals surface area contributed by atoms with Gasteiger partial charge in [-0.15, -0.1) is 0 Å². The van der Waals surface area contributed by atoms with Gasteiger partial charge >= 0.3 is 0 Å². The number of carbonyl (C=O) groups excluding carboxylic acids is 1. The van der Waals surface area contributed by atoms with Crippen molar-refractivity contribution in [1.29, 1.82) is 0 Å². The molecule has 10 heavy (non-hydrogen) atoms. The van der Waals surface area contributed by atoms with Gasteiger partial charge in [0.2, 0.25) is 0 Å². The fraction of sp³-hybridized carbons (Fsp3) is 0.889. The molecule has 0 aromatic heterocycles. The van der Waals surface area contributed by atoms with Crippen molar-refractivity contribution >= 4 is 5.78 Å². The van der Waals surface area contributed by atoms with Crippen LogP contribution in [0, 0.1) is 11.8 Å². The van der Waals surface area contributed by atoms with Gasteiger partial charge in [0.25, 0.3) is 0 Å². The third-order valence-corrected chi connectivity index (χ3v) is 2.51. The molecule has 1 nitrogen and oxygen atoms in total. The molecule has 0 aromatic carbocycles. The van der Waals surface area contributed by atoms with Gasteiger partial charge in [0.15, 0.2) is 0 Å². The second kappa shape index (κ2) is 3.18. The van der Waals surface area contributed by atoms with E-state index in [9.17, 15) is 4.79 Å². The van der Waals surface area contributed by atoms with Crippen molar-refractivity contribution in [2.24, 2.45) is 11.8 Å². The Morgan fingerprint density at radius 2 is 2.20 bits per heavy atom. The molecule has 0 bridgehead atoms. The van der Waals surface area contributed by atoms with Gasteiger partial charge in [0.05, 0.1) is 0 Å². The highest BCUT2D eigenvalue weighted by molar-refractivity contribution is 5.81. The summed E-state index contributed by atoms with van der Waals surface area (Å²) in [6, 6.07) is 0. The molecule has 0 saturated heterocycles. The van der Waals surface area contributed by atoms with Crippen LogP contribution in [0.1, 0.15) is 39.5 Å². The summed E-state index contributed by atoms with van der Waals surface area (Å²) in [6.45, 7) is 4.28. The van der Waals surface area contributed by atoms with E-state index in [1.54, 1.807) is 0 Å². The highest BCUT2D eigenvalue weighted by atomic mass is 16.1. The van der Waals surface area contributed by atoms with Crippen LogP contribution in [0.3, 0.4) is 0 Å². The lowest BCUT2D eigenvalue weighted by atomic mass is 9.81. The van der Waals surface area contributed by atoms with E-state index in [4.69, 9.17) is 0 Å². The van der Waals surface area contributed by atoms with Crippen LogP contribution in [0.25, 0.3) is 0 Å². The quantitative estimate of drug-likeness (QED) is 0.546. The Kier molecular flexibility index (Phi) is 2.47. The van der Waals surface area contributed by atoms with Gasteiger partial charge in [-0.3, -0.25) is 4.79 Å². The van der Waals surface area contributed by atoms with Crippen LogP contribution in [0.2, 0.25) is 0 Å². The second-order valence-electron chi connectivity index (χ2n) is 3.46. The van der Waals surface area contributed by atoms with Crippen molar-refractivity contribution in [2.75, 3.05) is 0 Å². The summed E-state index contributed by atoms with van der Waals surface area (Å²) in [6.07, 6.45) is 4.27. The maximum absolute atomic E-state index is 11.2. The summed E-state index contributed by atoms with van der Waals surface area (Å²) >= 11 is 0. The highest BCUT2D eigenvalue weighted by Crippen LogP contribution is 2.26. The fourth-order valence-electron chi connectivity index (χ4n) is 1.69. The molecule has 0 N–H and O–H groups in total. The van der Waals surface area contributed by atoms with E-state index in [0.29, 0.717) is 17.6 Å². The molecule has 1 aliphatic carbocycles. The van der Waals surface area contributed by atoms with Gasteiger partial charge in [0, 0.05) is 12.3 Å². The Bertz CT molecular complexity index is 129. The minimum absolute atomic E-state index is 0.399. The van der Waals surface area contributed by atoms with Crippen LogP contribution in [0.4, 0.5) is 0 Å². The topological polar surface area (TPSA) is 17.1 Å². The molecule has 1 aliphatic rings. The number of hydrogen-bond donors (Lipinski definition) is 0. The van der Waals surface area contributed by atoms with E-state index in [1.807, 2.05) is 0 Å². The summed E-state index contributed by atoms with van der Waals surface area (Å²) in [5.74, 6) is 1.55. The third-order valence-electron chi connectivity index (χ3n) is 2.51. The van der Waals surface area contributed by atoms with Crippen LogP contribution in [0.5, 0.6) is 0 Å². The molecule has 1 fully saturated rings. The lowest BCUT2D eigenvalue weighted by Crippen LogP contribution is -2.22. The zero-order valence-electron chi connectivity index (χ0n) is 6.89. The third kappa shape index (κ3) is 1.59. The Balaban J connectivity index is 2.43. The second-order valence-corrected chi connectivity index (χ2v) is 3.46. The van der Waals surface area contributed by atoms with Gasteiger partial charge < -0.3 is 0 Å². The predicted octanol–water partition coefficient (Wildman–Crippen LogP) is 2.40. The number of hydrogen-bond acceptors (Lipinski definition) is 1. The van der Waals surface area contributed by atoms with Crippen LogP contribution in [-0.4, -0.2) is 5.78 Å². The van der Waals surface area contributed by atoms with Gasteiger partial charge in [-0.1, -0.05) is 13.8 Å². The predicted molar refractivity (Wildman–Crippen MR) is 41.8 cm³/mol. The number of rotatable bonds is 1. The summed E-state index contributed by atoms with van der Waals surface area (Å²) < 4.78 is 0. The molecule has 1 rings (SSSR count). The molecule has 0 radical (unpaired) electrons. The lowest BCUT2D eigenvalue weighted by Gasteiger charge is -2.23. The van der Waals surface area contributed by atoms with Gasteiger partial charge in [-0.2, -0.15) is 0 Å². The Labute approximate surface area is 62.8 Å². The molecule has 0 unspecified atom stereocenters. The molecule has 1 saturated carbocycles. The van der Waals surface area contributed by atoms with E-state index in [-0.39, 0.29) is 0 Å². The van der Waals surface area contributed by atoms with Crippen molar-refractivity contribution in [3.63, 3.8) is 0 Å². The first-order chi connectivity index (χ1) is 4.74. The highest BCUT2D eigenvalue weighted by Gasteiger charge is 2.24. The fourth-order valence-corrected chi connectivity index (χ4v) is 1.69. The zero-order chi connectivity index (χ0) is 7.56. The van der Waals surface area contributed by atoms with Crippen molar-refractivity contribution in [2.45, 2.75) is 39.5 Å². The summed E-state index contributed by atoms with van der Waals surface area (Å²) in [5, 5.41) is 0.